The van der Waals surface area contributed by atoms with Gasteiger partial charge in [0.05, 0.1) is 11.1 Å². The summed E-state index contributed by atoms with van der Waals surface area (Å²) in [5.74, 6) is 0.739. The molecule has 3 aromatic heterocycles. The van der Waals surface area contributed by atoms with Crippen molar-refractivity contribution in [3.8, 4) is 11.5 Å². The Morgan fingerprint density at radius 3 is 2.71 bits per heavy atom. The van der Waals surface area contributed by atoms with Gasteiger partial charge < -0.3 is 26.1 Å². The van der Waals surface area contributed by atoms with Gasteiger partial charge in [0.1, 0.15) is 17.2 Å². The second-order valence-electron chi connectivity index (χ2n) is 8.13. The molecule has 9 heteroatoms. The zero-order chi connectivity index (χ0) is 22.0. The second kappa shape index (κ2) is 8.19. The minimum absolute atomic E-state index is 0.0624. The summed E-state index contributed by atoms with van der Waals surface area (Å²) in [5, 5.41) is 7.20. The average molecular weight is 421 g/mol. The molecule has 5 N–H and O–H groups in total. The van der Waals surface area contributed by atoms with Crippen molar-refractivity contribution in [2.45, 2.75) is 32.9 Å². The van der Waals surface area contributed by atoms with E-state index >= 15 is 0 Å². The number of H-pyrrole nitrogens is 1. The van der Waals surface area contributed by atoms with Crippen LogP contribution in [0.1, 0.15) is 26.5 Å². The summed E-state index contributed by atoms with van der Waals surface area (Å²) in [5.41, 5.74) is 7.70. The number of aromatic amines is 1. The van der Waals surface area contributed by atoms with Crippen molar-refractivity contribution in [3.05, 3.63) is 60.3 Å². The van der Waals surface area contributed by atoms with Crippen LogP contribution in [-0.2, 0) is 6.54 Å². The first-order valence-corrected chi connectivity index (χ1v) is 9.82. The van der Waals surface area contributed by atoms with Gasteiger partial charge in [-0.25, -0.2) is 14.4 Å². The summed E-state index contributed by atoms with van der Waals surface area (Å²) >= 11 is 0. The Hall–Kier alpha value is -3.72. The van der Waals surface area contributed by atoms with Crippen molar-refractivity contribution in [1.29, 1.82) is 0 Å². The van der Waals surface area contributed by atoms with Crippen molar-refractivity contribution >= 4 is 28.5 Å². The van der Waals surface area contributed by atoms with Crippen LogP contribution < -0.4 is 21.1 Å². The smallest absolute Gasteiger partial charge is 0.222 e. The quantitative estimate of drug-likeness (QED) is 0.362. The number of pyridine rings is 1. The summed E-state index contributed by atoms with van der Waals surface area (Å²) in [4.78, 5) is 15.6. The van der Waals surface area contributed by atoms with Gasteiger partial charge in [-0.2, -0.15) is 4.98 Å². The highest BCUT2D eigenvalue weighted by atomic mass is 19.1. The van der Waals surface area contributed by atoms with Gasteiger partial charge in [0.25, 0.3) is 0 Å². The molecule has 0 aliphatic heterocycles. The molecule has 0 spiro atoms. The predicted molar refractivity (Wildman–Crippen MR) is 119 cm³/mol. The first-order valence-electron chi connectivity index (χ1n) is 9.82. The molecular formula is C22H24FN7O. The van der Waals surface area contributed by atoms with Gasteiger partial charge in [-0.15, -0.1) is 0 Å². The summed E-state index contributed by atoms with van der Waals surface area (Å²) in [6.07, 6.45) is 3.36. The zero-order valence-corrected chi connectivity index (χ0v) is 17.5. The molecule has 1 aromatic carbocycles. The van der Waals surface area contributed by atoms with Crippen molar-refractivity contribution in [1.82, 2.24) is 25.3 Å². The van der Waals surface area contributed by atoms with Crippen LogP contribution in [0.4, 0.5) is 21.8 Å². The van der Waals surface area contributed by atoms with Crippen LogP contribution in [0.2, 0.25) is 0 Å². The lowest BCUT2D eigenvalue weighted by atomic mass is 10.1. The Bertz CT molecular complexity index is 1220. The molecule has 0 unspecified atom stereocenters. The fourth-order valence-electron chi connectivity index (χ4n) is 2.98. The van der Waals surface area contributed by atoms with Crippen LogP contribution in [0.3, 0.4) is 0 Å². The lowest BCUT2D eigenvalue weighted by Gasteiger charge is -2.20. The van der Waals surface area contributed by atoms with Gasteiger partial charge in [-0.3, -0.25) is 0 Å². The molecular weight excluding hydrogens is 397 g/mol. The molecule has 0 saturated carbocycles. The van der Waals surface area contributed by atoms with Crippen molar-refractivity contribution in [2.75, 3.05) is 11.1 Å². The third kappa shape index (κ3) is 5.07. The van der Waals surface area contributed by atoms with Gasteiger partial charge in [0.15, 0.2) is 11.6 Å². The normalized spacial score (nSPS) is 11.6. The SMILES string of the molecule is CC(C)(C)NCc1cc(Nc2ccc(Oc3ccnc4[nH]ccc34)c(F)c2)nc(N)n1. The summed E-state index contributed by atoms with van der Waals surface area (Å²) < 4.78 is 20.5. The molecule has 4 rings (SSSR count). The van der Waals surface area contributed by atoms with Crippen LogP contribution in [0, 0.1) is 5.82 Å². The van der Waals surface area contributed by atoms with Crippen molar-refractivity contribution in [2.24, 2.45) is 0 Å². The van der Waals surface area contributed by atoms with E-state index in [1.165, 1.54) is 6.07 Å². The van der Waals surface area contributed by atoms with E-state index < -0.39 is 5.82 Å². The Morgan fingerprint density at radius 1 is 1.10 bits per heavy atom. The van der Waals surface area contributed by atoms with Gasteiger partial charge in [0, 0.05) is 42.3 Å². The van der Waals surface area contributed by atoms with E-state index in [9.17, 15) is 4.39 Å². The Kier molecular flexibility index (Phi) is 5.43. The number of rotatable bonds is 6. The Balaban J connectivity index is 1.51. The molecule has 4 aromatic rings. The van der Waals surface area contributed by atoms with Crippen LogP contribution >= 0.6 is 0 Å². The van der Waals surface area contributed by atoms with Gasteiger partial charge in [0.2, 0.25) is 5.95 Å². The van der Waals surface area contributed by atoms with E-state index in [1.54, 1.807) is 36.7 Å². The molecule has 0 atom stereocenters. The first kappa shape index (κ1) is 20.5. The summed E-state index contributed by atoms with van der Waals surface area (Å²) in [6, 6.07) is 9.91. The standard InChI is InChI=1S/C22H24FN7O/c1-22(2,3)27-12-14-11-19(30-21(24)29-14)28-13-4-5-18(16(23)10-13)31-17-7-9-26-20-15(17)6-8-25-20/h4-11,27H,12H2,1-3H3,(H,25,26)(H3,24,28,29,30). The molecule has 160 valence electrons. The fourth-order valence-corrected chi connectivity index (χ4v) is 2.98. The van der Waals surface area contributed by atoms with Gasteiger partial charge in [-0.1, -0.05) is 0 Å². The fraction of sp³-hybridized carbons (Fsp3) is 0.227. The number of benzene rings is 1. The lowest BCUT2D eigenvalue weighted by molar-refractivity contribution is 0.421. The largest absolute Gasteiger partial charge is 0.453 e. The lowest BCUT2D eigenvalue weighted by Crippen LogP contribution is -2.35. The highest BCUT2D eigenvalue weighted by Crippen LogP contribution is 2.31. The first-order chi connectivity index (χ1) is 14.8. The van der Waals surface area contributed by atoms with Gasteiger partial charge >= 0.3 is 0 Å². The van der Waals surface area contributed by atoms with E-state index in [-0.39, 0.29) is 17.2 Å². The average Bonchev–Trinajstić information content (AvgIpc) is 3.17. The minimum atomic E-state index is -0.512. The molecule has 0 bridgehead atoms. The third-order valence-electron chi connectivity index (χ3n) is 4.44. The number of nitrogens with two attached hydrogens (primary N) is 1. The second-order valence-corrected chi connectivity index (χ2v) is 8.13. The molecule has 8 nitrogen and oxygen atoms in total. The molecule has 0 saturated heterocycles. The number of nitrogens with one attached hydrogen (secondary N) is 3. The predicted octanol–water partition coefficient (Wildman–Crippen LogP) is 4.50. The van der Waals surface area contributed by atoms with Gasteiger partial charge in [-0.05, 0) is 45.0 Å². The monoisotopic (exact) mass is 421 g/mol. The highest BCUT2D eigenvalue weighted by molar-refractivity contribution is 5.82. The third-order valence-corrected chi connectivity index (χ3v) is 4.44. The number of halogens is 1. The number of fused-ring (bicyclic) bond motifs is 1. The number of nitrogen functional groups attached to an aromatic ring is 1. The van der Waals surface area contributed by atoms with Crippen LogP contribution in [0.25, 0.3) is 11.0 Å². The molecule has 0 fully saturated rings. The van der Waals surface area contributed by atoms with E-state index in [4.69, 9.17) is 10.5 Å². The zero-order valence-electron chi connectivity index (χ0n) is 17.5. The van der Waals surface area contributed by atoms with Crippen molar-refractivity contribution < 1.29 is 9.13 Å². The topological polar surface area (TPSA) is 114 Å². The highest BCUT2D eigenvalue weighted by Gasteiger charge is 2.12. The van der Waals surface area contributed by atoms with E-state index in [0.717, 1.165) is 11.1 Å². The molecule has 3 heterocycles. The van der Waals surface area contributed by atoms with Crippen LogP contribution in [0.15, 0.2) is 48.8 Å². The number of anilines is 3. The summed E-state index contributed by atoms with van der Waals surface area (Å²) in [6.45, 7) is 6.73. The number of hydrogen-bond acceptors (Lipinski definition) is 7. The number of nitrogens with zero attached hydrogens (tertiary/aromatic N) is 3. The maximum Gasteiger partial charge on any atom is 0.222 e. The Labute approximate surface area is 179 Å². The molecule has 0 aliphatic carbocycles. The van der Waals surface area contributed by atoms with E-state index in [0.29, 0.717) is 29.4 Å². The van der Waals surface area contributed by atoms with Crippen molar-refractivity contribution in [3.63, 3.8) is 0 Å². The Morgan fingerprint density at radius 2 is 1.94 bits per heavy atom. The minimum Gasteiger partial charge on any atom is -0.453 e. The number of hydrogen-bond donors (Lipinski definition) is 4. The summed E-state index contributed by atoms with van der Waals surface area (Å²) in [7, 11) is 0. The molecule has 31 heavy (non-hydrogen) atoms. The van der Waals surface area contributed by atoms with Crippen LogP contribution in [-0.4, -0.2) is 25.5 Å². The molecule has 0 amide bonds. The van der Waals surface area contributed by atoms with Crippen LogP contribution in [0.5, 0.6) is 11.5 Å². The number of ether oxygens (including phenoxy) is 1. The number of aromatic nitrogens is 4. The maximum absolute atomic E-state index is 14.7. The molecule has 0 radical (unpaired) electrons. The van der Waals surface area contributed by atoms with E-state index in [2.05, 4.69) is 51.3 Å². The maximum atomic E-state index is 14.7. The van der Waals surface area contributed by atoms with E-state index in [1.807, 2.05) is 6.07 Å². The molecule has 0 aliphatic rings.